The van der Waals surface area contributed by atoms with Gasteiger partial charge in [0.05, 0.1) is 11.9 Å². The van der Waals surface area contributed by atoms with Gasteiger partial charge >= 0.3 is 0 Å². The second-order valence-corrected chi connectivity index (χ2v) is 5.99. The van der Waals surface area contributed by atoms with Crippen molar-refractivity contribution in [1.29, 1.82) is 0 Å². The van der Waals surface area contributed by atoms with Gasteiger partial charge in [0.1, 0.15) is 5.82 Å². The smallest absolute Gasteiger partial charge is 0.227 e. The standard InChI is InChI=1S/C17H18ClN3O/c1-11-14(18)6-3-7-15(11)21-16-9-8-13(10-19-16)20-17(22)12-4-2-5-12/h3,6-10,12H,2,4-5H2,1H3,(H,19,21)(H,20,22). The molecule has 0 unspecified atom stereocenters. The summed E-state index contributed by atoms with van der Waals surface area (Å²) in [5, 5.41) is 6.85. The number of halogens is 1. The fraction of sp³-hybridized carbons (Fsp3) is 0.294. The van der Waals surface area contributed by atoms with Crippen LogP contribution in [0, 0.1) is 12.8 Å². The number of hydrogen-bond acceptors (Lipinski definition) is 3. The normalized spacial score (nSPS) is 14.3. The molecule has 1 aliphatic carbocycles. The zero-order valence-electron chi connectivity index (χ0n) is 12.4. The fourth-order valence-electron chi connectivity index (χ4n) is 2.34. The number of amides is 1. The van der Waals surface area contributed by atoms with Crippen LogP contribution < -0.4 is 10.6 Å². The number of nitrogens with one attached hydrogen (secondary N) is 2. The molecule has 114 valence electrons. The van der Waals surface area contributed by atoms with E-state index >= 15 is 0 Å². The third kappa shape index (κ3) is 3.22. The fourth-order valence-corrected chi connectivity index (χ4v) is 2.51. The summed E-state index contributed by atoms with van der Waals surface area (Å²) in [7, 11) is 0. The van der Waals surface area contributed by atoms with Crippen molar-refractivity contribution >= 4 is 34.7 Å². The summed E-state index contributed by atoms with van der Waals surface area (Å²) in [5.74, 6) is 0.985. The van der Waals surface area contributed by atoms with E-state index in [9.17, 15) is 4.79 Å². The predicted octanol–water partition coefficient (Wildman–Crippen LogP) is 4.53. The van der Waals surface area contributed by atoms with E-state index in [1.54, 1.807) is 6.20 Å². The van der Waals surface area contributed by atoms with Gasteiger partial charge < -0.3 is 10.6 Å². The van der Waals surface area contributed by atoms with Gasteiger partial charge in [-0.2, -0.15) is 0 Å². The van der Waals surface area contributed by atoms with Crippen LogP contribution in [0.25, 0.3) is 0 Å². The van der Waals surface area contributed by atoms with Crippen molar-refractivity contribution in [2.24, 2.45) is 5.92 Å². The Morgan fingerprint density at radius 1 is 1.27 bits per heavy atom. The van der Waals surface area contributed by atoms with Crippen LogP contribution in [0.2, 0.25) is 5.02 Å². The quantitative estimate of drug-likeness (QED) is 0.871. The number of anilines is 3. The minimum Gasteiger partial charge on any atom is -0.340 e. The van der Waals surface area contributed by atoms with Crippen molar-refractivity contribution < 1.29 is 4.79 Å². The highest BCUT2D eigenvalue weighted by Crippen LogP contribution is 2.28. The van der Waals surface area contributed by atoms with Crippen molar-refractivity contribution in [3.63, 3.8) is 0 Å². The number of carbonyl (C=O) groups excluding carboxylic acids is 1. The number of hydrogen-bond donors (Lipinski definition) is 2. The van der Waals surface area contributed by atoms with Crippen LogP contribution in [-0.2, 0) is 4.79 Å². The summed E-state index contributed by atoms with van der Waals surface area (Å²) in [4.78, 5) is 16.2. The van der Waals surface area contributed by atoms with Gasteiger partial charge in [-0.25, -0.2) is 4.98 Å². The summed E-state index contributed by atoms with van der Waals surface area (Å²) in [5.41, 5.74) is 2.63. The van der Waals surface area contributed by atoms with Crippen LogP contribution in [0.15, 0.2) is 36.5 Å². The van der Waals surface area contributed by atoms with Gasteiger partial charge in [0.25, 0.3) is 0 Å². The van der Waals surface area contributed by atoms with Crippen LogP contribution in [0.3, 0.4) is 0 Å². The number of carbonyl (C=O) groups is 1. The largest absolute Gasteiger partial charge is 0.340 e. The van der Waals surface area contributed by atoms with E-state index in [1.807, 2.05) is 37.3 Å². The summed E-state index contributed by atoms with van der Waals surface area (Å²) in [6.45, 7) is 1.96. The molecule has 5 heteroatoms. The maximum Gasteiger partial charge on any atom is 0.227 e. The molecule has 0 saturated heterocycles. The SMILES string of the molecule is Cc1c(Cl)cccc1Nc1ccc(NC(=O)C2CCC2)cn1. The van der Waals surface area contributed by atoms with Gasteiger partial charge in [-0.05, 0) is 49.6 Å². The minimum atomic E-state index is 0.0967. The van der Waals surface area contributed by atoms with E-state index in [2.05, 4.69) is 15.6 Å². The van der Waals surface area contributed by atoms with Crippen LogP contribution in [0.4, 0.5) is 17.2 Å². The molecule has 0 bridgehead atoms. The average Bonchev–Trinajstić information content (AvgIpc) is 2.44. The Bertz CT molecular complexity index is 681. The van der Waals surface area contributed by atoms with Gasteiger partial charge in [-0.1, -0.05) is 24.1 Å². The molecule has 0 spiro atoms. The summed E-state index contributed by atoms with van der Waals surface area (Å²) in [6, 6.07) is 9.40. The second-order valence-electron chi connectivity index (χ2n) is 5.59. The van der Waals surface area contributed by atoms with Gasteiger partial charge in [-0.15, -0.1) is 0 Å². The maximum atomic E-state index is 11.9. The molecular weight excluding hydrogens is 298 g/mol. The lowest BCUT2D eigenvalue weighted by atomic mass is 9.85. The van der Waals surface area contributed by atoms with E-state index < -0.39 is 0 Å². The summed E-state index contributed by atoms with van der Waals surface area (Å²) in [6.07, 6.45) is 4.80. The molecule has 1 aliphatic rings. The molecule has 4 nitrogen and oxygen atoms in total. The Morgan fingerprint density at radius 2 is 2.09 bits per heavy atom. The summed E-state index contributed by atoms with van der Waals surface area (Å²) >= 11 is 6.10. The molecule has 2 N–H and O–H groups in total. The first kappa shape index (κ1) is 14.9. The first-order valence-electron chi connectivity index (χ1n) is 7.42. The van der Waals surface area contributed by atoms with E-state index in [4.69, 9.17) is 11.6 Å². The molecule has 1 fully saturated rings. The Hall–Kier alpha value is -2.07. The zero-order valence-corrected chi connectivity index (χ0v) is 13.2. The molecule has 1 amide bonds. The number of pyridine rings is 1. The molecule has 0 atom stereocenters. The van der Waals surface area contributed by atoms with Crippen LogP contribution >= 0.6 is 11.6 Å². The zero-order chi connectivity index (χ0) is 15.5. The lowest BCUT2D eigenvalue weighted by Crippen LogP contribution is -2.28. The monoisotopic (exact) mass is 315 g/mol. The van der Waals surface area contributed by atoms with Crippen LogP contribution in [0.5, 0.6) is 0 Å². The van der Waals surface area contributed by atoms with Gasteiger partial charge in [0.15, 0.2) is 0 Å². The Balaban J connectivity index is 1.66. The first-order chi connectivity index (χ1) is 10.6. The van der Waals surface area contributed by atoms with E-state index in [1.165, 1.54) is 0 Å². The topological polar surface area (TPSA) is 54.0 Å². The van der Waals surface area contributed by atoms with Crippen molar-refractivity contribution in [2.75, 3.05) is 10.6 Å². The van der Waals surface area contributed by atoms with Gasteiger partial charge in [-0.3, -0.25) is 4.79 Å². The Labute approximate surface area is 134 Å². The van der Waals surface area contributed by atoms with E-state index in [-0.39, 0.29) is 11.8 Å². The lowest BCUT2D eigenvalue weighted by Gasteiger charge is -2.23. The van der Waals surface area contributed by atoms with Gasteiger partial charge in [0.2, 0.25) is 5.91 Å². The highest BCUT2D eigenvalue weighted by molar-refractivity contribution is 6.31. The highest BCUT2D eigenvalue weighted by atomic mass is 35.5. The Kier molecular flexibility index (Phi) is 4.29. The third-order valence-corrected chi connectivity index (χ3v) is 4.45. The molecule has 2 aromatic rings. The molecule has 1 aromatic carbocycles. The molecule has 0 radical (unpaired) electrons. The molecule has 1 aromatic heterocycles. The maximum absolute atomic E-state index is 11.9. The second kappa shape index (κ2) is 6.36. The number of rotatable bonds is 4. The predicted molar refractivity (Wildman–Crippen MR) is 89.7 cm³/mol. The van der Waals surface area contributed by atoms with Crippen LogP contribution in [-0.4, -0.2) is 10.9 Å². The number of aromatic nitrogens is 1. The number of benzene rings is 1. The molecule has 22 heavy (non-hydrogen) atoms. The molecule has 3 rings (SSSR count). The summed E-state index contributed by atoms with van der Waals surface area (Å²) < 4.78 is 0. The average molecular weight is 316 g/mol. The van der Waals surface area contributed by atoms with Crippen molar-refractivity contribution in [3.8, 4) is 0 Å². The lowest BCUT2D eigenvalue weighted by molar-refractivity contribution is -0.122. The highest BCUT2D eigenvalue weighted by Gasteiger charge is 2.25. The van der Waals surface area contributed by atoms with E-state index in [0.717, 1.165) is 41.2 Å². The molecule has 1 heterocycles. The first-order valence-corrected chi connectivity index (χ1v) is 7.80. The van der Waals surface area contributed by atoms with Crippen molar-refractivity contribution in [3.05, 3.63) is 47.1 Å². The third-order valence-electron chi connectivity index (χ3n) is 4.04. The molecule has 1 saturated carbocycles. The minimum absolute atomic E-state index is 0.0967. The molecular formula is C17H18ClN3O. The van der Waals surface area contributed by atoms with Crippen molar-refractivity contribution in [2.45, 2.75) is 26.2 Å². The Morgan fingerprint density at radius 3 is 2.73 bits per heavy atom. The molecule has 0 aliphatic heterocycles. The van der Waals surface area contributed by atoms with Crippen molar-refractivity contribution in [1.82, 2.24) is 4.98 Å². The number of nitrogens with zero attached hydrogens (tertiary/aromatic N) is 1. The van der Waals surface area contributed by atoms with Crippen LogP contribution in [0.1, 0.15) is 24.8 Å². The van der Waals surface area contributed by atoms with E-state index in [0.29, 0.717) is 5.82 Å². The van der Waals surface area contributed by atoms with Gasteiger partial charge in [0, 0.05) is 16.6 Å².